The van der Waals surface area contributed by atoms with Crippen LogP contribution in [0, 0.1) is 0 Å². The third kappa shape index (κ3) is 2.38. The second-order valence-electron chi connectivity index (χ2n) is 2.79. The first kappa shape index (κ1) is 7.58. The highest BCUT2D eigenvalue weighted by Gasteiger charge is 2.07. The van der Waals surface area contributed by atoms with Crippen LogP contribution in [-0.4, -0.2) is 31.2 Å². The van der Waals surface area contributed by atoms with Gasteiger partial charge in [-0.1, -0.05) is 0 Å². The molecule has 0 aliphatic carbocycles. The van der Waals surface area contributed by atoms with Gasteiger partial charge in [0, 0.05) is 12.8 Å². The fourth-order valence-corrected chi connectivity index (χ4v) is 1.35. The fourth-order valence-electron chi connectivity index (χ4n) is 1.35. The van der Waals surface area contributed by atoms with Crippen LogP contribution >= 0.6 is 0 Å². The van der Waals surface area contributed by atoms with Gasteiger partial charge >= 0.3 is 6.40 Å². The van der Waals surface area contributed by atoms with Gasteiger partial charge in [0.15, 0.2) is 0 Å². The van der Waals surface area contributed by atoms with Gasteiger partial charge in [-0.3, -0.25) is 0 Å². The summed E-state index contributed by atoms with van der Waals surface area (Å²) in [5.74, 6) is 0. The van der Waals surface area contributed by atoms with Crippen molar-refractivity contribution in [1.82, 2.24) is 0 Å². The Kier molecular flexibility index (Phi) is 3.27. The van der Waals surface area contributed by atoms with Crippen molar-refractivity contribution in [2.24, 2.45) is 0 Å². The average Bonchev–Trinajstić information content (AvgIpc) is 2.17. The molecule has 1 fully saturated rings. The maximum atomic E-state index is 4.94. The predicted octanol–water partition coefficient (Wildman–Crippen LogP) is 1.25. The molecule has 1 heterocycles. The molecule has 0 aromatic heterocycles. The first-order chi connectivity index (χ1) is 4.93. The molecule has 1 saturated heterocycles. The summed E-state index contributed by atoms with van der Waals surface area (Å²) in [7, 11) is 1.71. The van der Waals surface area contributed by atoms with E-state index in [0.29, 0.717) is 0 Å². The van der Waals surface area contributed by atoms with E-state index in [1.54, 1.807) is 7.11 Å². The van der Waals surface area contributed by atoms with Gasteiger partial charge in [0.25, 0.3) is 0 Å². The number of hydrogen-bond acceptors (Lipinski definition) is 1. The molecule has 2 nitrogen and oxygen atoms in total. The maximum Gasteiger partial charge on any atom is 0.323 e. The zero-order valence-corrected chi connectivity index (χ0v) is 6.68. The van der Waals surface area contributed by atoms with Gasteiger partial charge in [-0.15, -0.1) is 0 Å². The lowest BCUT2D eigenvalue weighted by Gasteiger charge is -1.95. The Labute approximate surface area is 62.5 Å². The molecule has 58 valence electrons. The molecule has 0 amide bonds. The van der Waals surface area contributed by atoms with E-state index in [-0.39, 0.29) is 0 Å². The van der Waals surface area contributed by atoms with Crippen LogP contribution < -0.4 is 0 Å². The Morgan fingerprint density at radius 3 is 2.20 bits per heavy atom. The van der Waals surface area contributed by atoms with Crippen molar-refractivity contribution in [2.75, 3.05) is 20.2 Å². The SMILES string of the molecule is COC=[N+]1CCCCCC1. The number of hydrogen-bond donors (Lipinski definition) is 0. The van der Waals surface area contributed by atoms with Crippen molar-refractivity contribution in [3.8, 4) is 0 Å². The summed E-state index contributed by atoms with van der Waals surface area (Å²) in [6.07, 6.45) is 7.24. The van der Waals surface area contributed by atoms with Crippen molar-refractivity contribution in [2.45, 2.75) is 25.7 Å². The monoisotopic (exact) mass is 142 g/mol. The number of rotatable bonds is 1. The van der Waals surface area contributed by atoms with Gasteiger partial charge in [-0.05, 0) is 12.8 Å². The maximum absolute atomic E-state index is 4.94. The molecule has 1 rings (SSSR count). The Hall–Kier alpha value is -0.530. The molecule has 0 aromatic rings. The van der Waals surface area contributed by atoms with Crippen molar-refractivity contribution in [3.63, 3.8) is 0 Å². The highest BCUT2D eigenvalue weighted by Crippen LogP contribution is 2.04. The predicted molar refractivity (Wildman–Crippen MR) is 41.5 cm³/mol. The van der Waals surface area contributed by atoms with Crippen LogP contribution in [0.4, 0.5) is 0 Å². The second-order valence-corrected chi connectivity index (χ2v) is 2.79. The molecule has 0 spiro atoms. The molecule has 10 heavy (non-hydrogen) atoms. The van der Waals surface area contributed by atoms with Crippen LogP contribution in [0.5, 0.6) is 0 Å². The van der Waals surface area contributed by atoms with E-state index in [1.807, 2.05) is 6.40 Å². The summed E-state index contributed by atoms with van der Waals surface area (Å²) in [6.45, 7) is 2.35. The Bertz CT molecular complexity index is 110. The zero-order valence-electron chi connectivity index (χ0n) is 6.68. The fraction of sp³-hybridized carbons (Fsp3) is 0.875. The molecule has 1 aliphatic heterocycles. The Balaban J connectivity index is 2.35. The first-order valence-corrected chi connectivity index (χ1v) is 4.03. The molecule has 0 unspecified atom stereocenters. The smallest absolute Gasteiger partial charge is 0.323 e. The number of methoxy groups -OCH3 is 1. The third-order valence-electron chi connectivity index (χ3n) is 1.90. The van der Waals surface area contributed by atoms with Crippen LogP contribution in [0.3, 0.4) is 0 Å². The molecule has 0 atom stereocenters. The van der Waals surface area contributed by atoms with Crippen LogP contribution in [0.2, 0.25) is 0 Å². The summed E-state index contributed by atoms with van der Waals surface area (Å²) in [5, 5.41) is 0. The summed E-state index contributed by atoms with van der Waals surface area (Å²) >= 11 is 0. The third-order valence-corrected chi connectivity index (χ3v) is 1.90. The van der Waals surface area contributed by atoms with Crippen molar-refractivity contribution >= 4 is 6.40 Å². The van der Waals surface area contributed by atoms with Crippen LogP contribution in [0.15, 0.2) is 0 Å². The summed E-state index contributed by atoms with van der Waals surface area (Å²) in [4.78, 5) is 0. The minimum absolute atomic E-state index is 1.17. The Morgan fingerprint density at radius 2 is 1.70 bits per heavy atom. The van der Waals surface area contributed by atoms with Crippen molar-refractivity contribution < 1.29 is 9.31 Å². The standard InChI is InChI=1S/C8H16NO/c1-10-8-9-6-4-2-3-5-7-9/h8H,2-7H2,1H3/q+1. The van der Waals surface area contributed by atoms with Gasteiger partial charge < -0.3 is 4.74 Å². The molecular formula is C8H16NO+. The van der Waals surface area contributed by atoms with E-state index in [9.17, 15) is 0 Å². The molecule has 0 saturated carbocycles. The van der Waals surface area contributed by atoms with Gasteiger partial charge in [-0.25, -0.2) is 4.58 Å². The topological polar surface area (TPSA) is 12.2 Å². The molecule has 0 aromatic carbocycles. The lowest BCUT2D eigenvalue weighted by molar-refractivity contribution is -0.528. The van der Waals surface area contributed by atoms with Crippen LogP contribution in [-0.2, 0) is 4.74 Å². The second kappa shape index (κ2) is 4.31. The normalized spacial score (nSPS) is 19.9. The number of nitrogens with zero attached hydrogens (tertiary/aromatic N) is 1. The van der Waals surface area contributed by atoms with Crippen molar-refractivity contribution in [1.29, 1.82) is 0 Å². The van der Waals surface area contributed by atoms with E-state index in [0.717, 1.165) is 0 Å². The molecule has 0 radical (unpaired) electrons. The van der Waals surface area contributed by atoms with E-state index in [1.165, 1.54) is 38.8 Å². The molecule has 1 aliphatic rings. The molecule has 2 heteroatoms. The Morgan fingerprint density at radius 1 is 1.10 bits per heavy atom. The quantitative estimate of drug-likeness (QED) is 0.396. The first-order valence-electron chi connectivity index (χ1n) is 4.03. The van der Waals surface area contributed by atoms with Crippen molar-refractivity contribution in [3.05, 3.63) is 0 Å². The lowest BCUT2D eigenvalue weighted by atomic mass is 10.2. The number of ether oxygens (including phenoxy) is 1. The summed E-state index contributed by atoms with van der Waals surface area (Å²) in [5.41, 5.74) is 0. The van der Waals surface area contributed by atoms with Crippen LogP contribution in [0.25, 0.3) is 0 Å². The van der Waals surface area contributed by atoms with E-state index in [2.05, 4.69) is 4.58 Å². The van der Waals surface area contributed by atoms with E-state index < -0.39 is 0 Å². The van der Waals surface area contributed by atoms with Crippen LogP contribution in [0.1, 0.15) is 25.7 Å². The van der Waals surface area contributed by atoms with E-state index >= 15 is 0 Å². The minimum atomic E-state index is 1.17. The zero-order chi connectivity index (χ0) is 7.23. The van der Waals surface area contributed by atoms with Gasteiger partial charge in [0.2, 0.25) is 0 Å². The van der Waals surface area contributed by atoms with Gasteiger partial charge in [-0.2, -0.15) is 0 Å². The van der Waals surface area contributed by atoms with Gasteiger partial charge in [0.05, 0.1) is 7.11 Å². The molecule has 0 N–H and O–H groups in total. The minimum Gasteiger partial charge on any atom is -0.454 e. The van der Waals surface area contributed by atoms with Gasteiger partial charge in [0.1, 0.15) is 13.1 Å². The summed E-state index contributed by atoms with van der Waals surface area (Å²) in [6, 6.07) is 0. The molecule has 0 bridgehead atoms. The summed E-state index contributed by atoms with van der Waals surface area (Å²) < 4.78 is 7.19. The highest BCUT2D eigenvalue weighted by atomic mass is 16.5. The average molecular weight is 142 g/mol. The molecular weight excluding hydrogens is 126 g/mol. The van der Waals surface area contributed by atoms with E-state index in [4.69, 9.17) is 4.74 Å². The lowest BCUT2D eigenvalue weighted by Crippen LogP contribution is -2.14. The highest BCUT2D eigenvalue weighted by molar-refractivity contribution is 5.38. The largest absolute Gasteiger partial charge is 0.454 e.